The van der Waals surface area contributed by atoms with E-state index < -0.39 is 0 Å². The molecule has 4 rings (SSSR count). The number of aromatic nitrogens is 3. The number of aliphatic hydroxyl groups excluding tert-OH is 1. The fourth-order valence-electron chi connectivity index (χ4n) is 2.85. The maximum absolute atomic E-state index is 9.19. The molecule has 23 heavy (non-hydrogen) atoms. The highest BCUT2D eigenvalue weighted by Crippen LogP contribution is 2.29. The fraction of sp³-hybridized carbons (Fsp3) is 0.167. The van der Waals surface area contributed by atoms with Gasteiger partial charge in [0.15, 0.2) is 5.76 Å². The molecule has 0 fully saturated rings. The molecule has 0 aliphatic heterocycles. The Morgan fingerprint density at radius 2 is 2.00 bits per heavy atom. The number of benzene rings is 1. The normalized spacial score (nSPS) is 11.4. The van der Waals surface area contributed by atoms with Crippen LogP contribution in [-0.4, -0.2) is 19.5 Å². The monoisotopic (exact) mass is 307 g/mol. The van der Waals surface area contributed by atoms with E-state index in [1.807, 2.05) is 46.8 Å². The van der Waals surface area contributed by atoms with E-state index in [2.05, 4.69) is 18.3 Å². The molecule has 3 aromatic heterocycles. The van der Waals surface area contributed by atoms with Crippen LogP contribution in [0, 0.1) is 0 Å². The van der Waals surface area contributed by atoms with Crippen molar-refractivity contribution in [2.75, 3.05) is 0 Å². The second kappa shape index (κ2) is 5.44. The summed E-state index contributed by atoms with van der Waals surface area (Å²) in [5.41, 5.74) is 3.06. The molecule has 0 saturated carbocycles. The van der Waals surface area contributed by atoms with Crippen molar-refractivity contribution in [3.63, 3.8) is 0 Å². The van der Waals surface area contributed by atoms with Crippen molar-refractivity contribution < 1.29 is 9.52 Å². The number of fused-ring (bicyclic) bond motifs is 1. The molecular weight excluding hydrogens is 290 g/mol. The molecule has 0 saturated heterocycles. The van der Waals surface area contributed by atoms with Crippen LogP contribution in [-0.2, 0) is 20.2 Å². The molecule has 0 aliphatic rings. The summed E-state index contributed by atoms with van der Waals surface area (Å²) in [5.74, 6) is 1.22. The molecule has 1 aromatic carbocycles. The van der Waals surface area contributed by atoms with Gasteiger partial charge in [0.05, 0.1) is 12.1 Å². The van der Waals surface area contributed by atoms with Crippen molar-refractivity contribution in [2.45, 2.75) is 13.2 Å². The maximum Gasteiger partial charge on any atom is 0.155 e. The fourth-order valence-corrected chi connectivity index (χ4v) is 2.85. The highest BCUT2D eigenvalue weighted by atomic mass is 16.4. The third-order valence-electron chi connectivity index (χ3n) is 3.93. The van der Waals surface area contributed by atoms with E-state index in [4.69, 9.17) is 9.52 Å². The van der Waals surface area contributed by atoms with E-state index >= 15 is 0 Å². The van der Waals surface area contributed by atoms with Gasteiger partial charge in [-0.3, -0.25) is 4.68 Å². The van der Waals surface area contributed by atoms with Crippen LogP contribution in [0.3, 0.4) is 0 Å². The molecule has 0 radical (unpaired) electrons. The topological polar surface area (TPSA) is 56.1 Å². The molecule has 0 atom stereocenters. The van der Waals surface area contributed by atoms with Gasteiger partial charge in [0, 0.05) is 24.8 Å². The lowest BCUT2D eigenvalue weighted by Gasteiger charge is -2.01. The Morgan fingerprint density at radius 1 is 1.13 bits per heavy atom. The van der Waals surface area contributed by atoms with Crippen molar-refractivity contribution in [3.8, 4) is 11.5 Å². The number of hydrogen-bond donors (Lipinski definition) is 1. The van der Waals surface area contributed by atoms with Crippen LogP contribution >= 0.6 is 0 Å². The minimum absolute atomic E-state index is 0.108. The molecule has 4 aromatic rings. The molecule has 5 nitrogen and oxygen atoms in total. The number of aryl methyl sites for hydroxylation is 1. The second-order valence-corrected chi connectivity index (χ2v) is 5.63. The van der Waals surface area contributed by atoms with E-state index in [1.165, 1.54) is 5.56 Å². The molecule has 0 bridgehead atoms. The van der Waals surface area contributed by atoms with Gasteiger partial charge in [-0.05, 0) is 29.8 Å². The van der Waals surface area contributed by atoms with Crippen LogP contribution in [0.2, 0.25) is 0 Å². The van der Waals surface area contributed by atoms with Gasteiger partial charge in [-0.1, -0.05) is 18.2 Å². The van der Waals surface area contributed by atoms with E-state index in [-0.39, 0.29) is 6.61 Å². The van der Waals surface area contributed by atoms with Gasteiger partial charge in [0.2, 0.25) is 0 Å². The summed E-state index contributed by atoms with van der Waals surface area (Å²) in [6.45, 7) is 0.595. The average Bonchev–Trinajstić information content (AvgIpc) is 3.27. The quantitative estimate of drug-likeness (QED) is 0.630. The first kappa shape index (κ1) is 13.8. The van der Waals surface area contributed by atoms with Gasteiger partial charge < -0.3 is 14.1 Å². The predicted molar refractivity (Wildman–Crippen MR) is 87.9 cm³/mol. The van der Waals surface area contributed by atoms with E-state index in [1.54, 1.807) is 6.07 Å². The molecule has 116 valence electrons. The van der Waals surface area contributed by atoms with Crippen LogP contribution in [0.1, 0.15) is 11.3 Å². The lowest BCUT2D eigenvalue weighted by atomic mass is 10.2. The van der Waals surface area contributed by atoms with Gasteiger partial charge in [-0.2, -0.15) is 5.10 Å². The molecule has 5 heteroatoms. The zero-order valence-electron chi connectivity index (χ0n) is 12.8. The first-order valence-electron chi connectivity index (χ1n) is 7.51. The van der Waals surface area contributed by atoms with E-state index in [0.29, 0.717) is 18.1 Å². The van der Waals surface area contributed by atoms with E-state index in [9.17, 15) is 5.11 Å². The average molecular weight is 307 g/mol. The van der Waals surface area contributed by atoms with Gasteiger partial charge in [-0.15, -0.1) is 0 Å². The summed E-state index contributed by atoms with van der Waals surface area (Å²) in [6, 6.07) is 13.8. The summed E-state index contributed by atoms with van der Waals surface area (Å²) in [7, 11) is 2.01. The number of para-hydroxylation sites is 1. The summed E-state index contributed by atoms with van der Waals surface area (Å²) in [4.78, 5) is 0. The number of rotatable bonds is 4. The summed E-state index contributed by atoms with van der Waals surface area (Å²) < 4.78 is 9.68. The predicted octanol–water partition coefficient (Wildman–Crippen LogP) is 3.18. The number of furan rings is 1. The molecule has 1 N–H and O–H groups in total. The van der Waals surface area contributed by atoms with Crippen LogP contribution in [0.4, 0.5) is 0 Å². The highest BCUT2D eigenvalue weighted by molar-refractivity contribution is 5.92. The first-order valence-corrected chi connectivity index (χ1v) is 7.51. The lowest BCUT2D eigenvalue weighted by Crippen LogP contribution is -2.00. The maximum atomic E-state index is 9.19. The Bertz CT molecular complexity index is 962. The van der Waals surface area contributed by atoms with Gasteiger partial charge >= 0.3 is 0 Å². The Labute approximate surface area is 133 Å². The number of nitrogens with zero attached hydrogens (tertiary/aromatic N) is 3. The second-order valence-electron chi connectivity index (χ2n) is 5.63. The van der Waals surface area contributed by atoms with Crippen molar-refractivity contribution >= 4 is 10.9 Å². The molecule has 0 aliphatic carbocycles. The van der Waals surface area contributed by atoms with Gasteiger partial charge in [-0.25, -0.2) is 0 Å². The van der Waals surface area contributed by atoms with Crippen LogP contribution in [0.5, 0.6) is 0 Å². The van der Waals surface area contributed by atoms with Crippen molar-refractivity contribution in [3.05, 3.63) is 66.2 Å². The largest absolute Gasteiger partial charge is 0.457 e. The zero-order valence-corrected chi connectivity index (χ0v) is 12.8. The smallest absolute Gasteiger partial charge is 0.155 e. The Balaban J connectivity index is 1.82. The minimum Gasteiger partial charge on any atom is -0.457 e. The van der Waals surface area contributed by atoms with Crippen LogP contribution in [0.15, 0.2) is 59.3 Å². The highest BCUT2D eigenvalue weighted by Gasteiger charge is 2.15. The van der Waals surface area contributed by atoms with Crippen molar-refractivity contribution in [2.24, 2.45) is 7.05 Å². The summed E-state index contributed by atoms with van der Waals surface area (Å²) in [6.07, 6.45) is 4.12. The summed E-state index contributed by atoms with van der Waals surface area (Å²) in [5, 5.41) is 15.0. The molecule has 0 unspecified atom stereocenters. The minimum atomic E-state index is -0.108. The van der Waals surface area contributed by atoms with Crippen LogP contribution in [0.25, 0.3) is 22.4 Å². The van der Waals surface area contributed by atoms with Gasteiger partial charge in [0.25, 0.3) is 0 Å². The molecular formula is C18H17N3O2. The Morgan fingerprint density at radius 3 is 2.74 bits per heavy atom. The van der Waals surface area contributed by atoms with Crippen LogP contribution < -0.4 is 0 Å². The van der Waals surface area contributed by atoms with Crippen molar-refractivity contribution in [1.29, 1.82) is 0 Å². The first-order chi connectivity index (χ1) is 11.2. The molecule has 0 spiro atoms. The third-order valence-corrected chi connectivity index (χ3v) is 3.93. The van der Waals surface area contributed by atoms with Gasteiger partial charge in [0.1, 0.15) is 18.1 Å². The zero-order chi connectivity index (χ0) is 15.8. The molecule has 3 heterocycles. The number of hydrogen-bond acceptors (Lipinski definition) is 3. The standard InChI is InChI=1S/C18H17N3O2/c1-20-9-8-13(10-20)11-21-16-5-3-2-4-15(16)18(19-21)17-7-6-14(12-22)23-17/h2-10,22H,11-12H2,1H3. The Kier molecular flexibility index (Phi) is 3.28. The SMILES string of the molecule is Cn1ccc(Cn2nc(-c3ccc(CO)o3)c3ccccc32)c1. The number of aliphatic hydroxyl groups is 1. The lowest BCUT2D eigenvalue weighted by molar-refractivity contribution is 0.248. The third kappa shape index (κ3) is 2.45. The van der Waals surface area contributed by atoms with Crippen molar-refractivity contribution in [1.82, 2.24) is 14.3 Å². The Hall–Kier alpha value is -2.79. The summed E-state index contributed by atoms with van der Waals surface area (Å²) >= 11 is 0. The van der Waals surface area contributed by atoms with E-state index in [0.717, 1.165) is 16.6 Å². The molecule has 0 amide bonds.